The number of benzene rings is 2. The molecule has 11 heteroatoms. The smallest absolute Gasteiger partial charge is 0.408 e. The van der Waals surface area contributed by atoms with Crippen LogP contribution in [0.3, 0.4) is 0 Å². The van der Waals surface area contributed by atoms with Crippen LogP contribution in [-0.2, 0) is 20.1 Å². The molecule has 0 fully saturated rings. The highest BCUT2D eigenvalue weighted by Gasteiger charge is 2.18. The SMILES string of the molecule is Cc1cc(CNC(=O)c2cc(C(=O)NCc3ccc4oc(=O)n(C)c4c3)nc3ccnn23)ccc1F. The molecule has 0 aliphatic carbocycles. The number of hydrogen-bond acceptors (Lipinski definition) is 6. The molecule has 0 bridgehead atoms. The normalized spacial score (nSPS) is 11.2. The second-order valence-electron chi connectivity index (χ2n) is 8.31. The van der Waals surface area contributed by atoms with E-state index < -0.39 is 17.6 Å². The van der Waals surface area contributed by atoms with E-state index in [1.807, 2.05) is 0 Å². The molecule has 5 aromatic rings. The van der Waals surface area contributed by atoms with Crippen molar-refractivity contribution < 1.29 is 18.4 Å². The lowest BCUT2D eigenvalue weighted by Gasteiger charge is -2.10. The minimum absolute atomic E-state index is 0.0440. The van der Waals surface area contributed by atoms with Crippen molar-refractivity contribution in [3.8, 4) is 0 Å². The fourth-order valence-electron chi connectivity index (χ4n) is 3.84. The molecular weight excluding hydrogens is 467 g/mol. The molecule has 0 aliphatic rings. The Bertz CT molecular complexity index is 1700. The molecule has 0 aliphatic heterocycles. The van der Waals surface area contributed by atoms with Gasteiger partial charge in [-0.15, -0.1) is 0 Å². The van der Waals surface area contributed by atoms with Crippen molar-refractivity contribution in [1.29, 1.82) is 0 Å². The van der Waals surface area contributed by atoms with Crippen LogP contribution >= 0.6 is 0 Å². The summed E-state index contributed by atoms with van der Waals surface area (Å²) in [6, 6.07) is 12.7. The minimum atomic E-state index is -0.483. The van der Waals surface area contributed by atoms with Crippen LogP contribution in [0.25, 0.3) is 16.7 Å². The van der Waals surface area contributed by atoms with Gasteiger partial charge in [-0.1, -0.05) is 18.2 Å². The molecule has 36 heavy (non-hydrogen) atoms. The fourth-order valence-corrected chi connectivity index (χ4v) is 3.84. The summed E-state index contributed by atoms with van der Waals surface area (Å²) in [5, 5.41) is 9.68. The maximum absolute atomic E-state index is 13.5. The molecule has 5 rings (SSSR count). The second-order valence-corrected chi connectivity index (χ2v) is 8.31. The molecular formula is C25H21FN6O4. The standard InChI is InChI=1S/C25H21FN6O4/c1-14-9-15(3-5-17(14)26)12-28-24(34)20-11-18(30-22-7-8-29-32(20)22)23(33)27-13-16-4-6-21-19(10-16)31(2)25(35)36-21/h3-11H,12-13H2,1-2H3,(H,27,33)(H,28,34). The van der Waals surface area contributed by atoms with E-state index in [1.54, 1.807) is 50.4 Å². The Morgan fingerprint density at radius 2 is 1.72 bits per heavy atom. The van der Waals surface area contributed by atoms with E-state index in [-0.39, 0.29) is 30.3 Å². The van der Waals surface area contributed by atoms with Gasteiger partial charge in [-0.05, 0) is 41.8 Å². The van der Waals surface area contributed by atoms with Crippen LogP contribution in [0, 0.1) is 12.7 Å². The first kappa shape index (κ1) is 23.0. The van der Waals surface area contributed by atoms with Crippen LogP contribution in [0.1, 0.15) is 37.7 Å². The van der Waals surface area contributed by atoms with Gasteiger partial charge in [0.15, 0.2) is 11.2 Å². The average Bonchev–Trinajstić information content (AvgIpc) is 3.46. The predicted octanol–water partition coefficient (Wildman–Crippen LogP) is 2.48. The summed E-state index contributed by atoms with van der Waals surface area (Å²) in [7, 11) is 1.60. The number of aromatic nitrogens is 4. The van der Waals surface area contributed by atoms with Crippen molar-refractivity contribution in [2.24, 2.45) is 7.05 Å². The summed E-state index contributed by atoms with van der Waals surface area (Å²) in [6.45, 7) is 1.99. The number of rotatable bonds is 6. The van der Waals surface area contributed by atoms with Crippen LogP contribution in [0.5, 0.6) is 0 Å². The lowest BCUT2D eigenvalue weighted by Crippen LogP contribution is -2.28. The van der Waals surface area contributed by atoms with Crippen molar-refractivity contribution in [3.63, 3.8) is 0 Å². The first-order valence-corrected chi connectivity index (χ1v) is 11.0. The van der Waals surface area contributed by atoms with E-state index in [0.29, 0.717) is 22.3 Å². The zero-order chi connectivity index (χ0) is 25.4. The zero-order valence-electron chi connectivity index (χ0n) is 19.4. The Hall–Kier alpha value is -4.80. The Balaban J connectivity index is 1.34. The van der Waals surface area contributed by atoms with Gasteiger partial charge in [0.25, 0.3) is 11.8 Å². The molecule has 182 valence electrons. The summed E-state index contributed by atoms with van der Waals surface area (Å²) in [5.41, 5.74) is 3.54. The number of carbonyl (C=O) groups excluding carboxylic acids is 2. The van der Waals surface area contributed by atoms with Crippen molar-refractivity contribution in [2.75, 3.05) is 0 Å². The van der Waals surface area contributed by atoms with Crippen molar-refractivity contribution in [2.45, 2.75) is 20.0 Å². The molecule has 2 amide bonds. The second kappa shape index (κ2) is 9.10. The first-order valence-electron chi connectivity index (χ1n) is 11.0. The molecule has 2 N–H and O–H groups in total. The highest BCUT2D eigenvalue weighted by atomic mass is 19.1. The molecule has 2 aromatic carbocycles. The summed E-state index contributed by atoms with van der Waals surface area (Å²) < 4.78 is 21.4. The molecule has 0 unspecified atom stereocenters. The number of aryl methyl sites for hydroxylation is 2. The zero-order valence-corrected chi connectivity index (χ0v) is 19.4. The van der Waals surface area contributed by atoms with Crippen LogP contribution in [0.15, 0.2) is 63.9 Å². The largest absolute Gasteiger partial charge is 0.419 e. The number of amides is 2. The quantitative estimate of drug-likeness (QED) is 0.379. The molecule has 0 saturated carbocycles. The Kier molecular flexibility index (Phi) is 5.80. The van der Waals surface area contributed by atoms with Gasteiger partial charge in [0.1, 0.15) is 17.2 Å². The number of fused-ring (bicyclic) bond motifs is 2. The molecule has 0 atom stereocenters. The van der Waals surface area contributed by atoms with Crippen molar-refractivity contribution >= 4 is 28.6 Å². The Labute approximate surface area is 203 Å². The fraction of sp³-hybridized carbons (Fsp3) is 0.160. The average molecular weight is 488 g/mol. The van der Waals surface area contributed by atoms with E-state index in [0.717, 1.165) is 11.1 Å². The predicted molar refractivity (Wildman–Crippen MR) is 128 cm³/mol. The number of nitrogens with zero attached hydrogens (tertiary/aromatic N) is 4. The van der Waals surface area contributed by atoms with Gasteiger partial charge in [0.05, 0.1) is 11.7 Å². The van der Waals surface area contributed by atoms with Gasteiger partial charge in [-0.2, -0.15) is 5.10 Å². The molecule has 3 aromatic heterocycles. The lowest BCUT2D eigenvalue weighted by atomic mass is 10.1. The van der Waals surface area contributed by atoms with Gasteiger partial charge < -0.3 is 15.1 Å². The number of hydrogen-bond donors (Lipinski definition) is 2. The third-order valence-electron chi connectivity index (χ3n) is 5.81. The maximum Gasteiger partial charge on any atom is 0.419 e. The summed E-state index contributed by atoms with van der Waals surface area (Å²) in [6.07, 6.45) is 1.48. The Morgan fingerprint density at radius 3 is 2.50 bits per heavy atom. The van der Waals surface area contributed by atoms with Gasteiger partial charge in [-0.25, -0.2) is 18.7 Å². The molecule has 10 nitrogen and oxygen atoms in total. The Morgan fingerprint density at radius 1 is 1.00 bits per heavy atom. The third-order valence-corrected chi connectivity index (χ3v) is 5.81. The number of nitrogens with one attached hydrogen (secondary N) is 2. The van der Waals surface area contributed by atoms with E-state index in [2.05, 4.69) is 20.7 Å². The number of halogens is 1. The van der Waals surface area contributed by atoms with Crippen LogP contribution in [-0.4, -0.2) is 31.0 Å². The third kappa shape index (κ3) is 4.33. The van der Waals surface area contributed by atoms with E-state index >= 15 is 0 Å². The summed E-state index contributed by atoms with van der Waals surface area (Å²) >= 11 is 0. The van der Waals surface area contributed by atoms with E-state index in [9.17, 15) is 18.8 Å². The maximum atomic E-state index is 13.5. The lowest BCUT2D eigenvalue weighted by molar-refractivity contribution is 0.0942. The van der Waals surface area contributed by atoms with Gasteiger partial charge in [0, 0.05) is 32.3 Å². The van der Waals surface area contributed by atoms with E-state index in [4.69, 9.17) is 4.42 Å². The highest BCUT2D eigenvalue weighted by Crippen LogP contribution is 2.15. The number of carbonyl (C=O) groups is 2. The monoisotopic (exact) mass is 488 g/mol. The van der Waals surface area contributed by atoms with Gasteiger partial charge in [-0.3, -0.25) is 14.2 Å². The topological polar surface area (TPSA) is 124 Å². The number of oxazole rings is 1. The molecule has 0 radical (unpaired) electrons. The highest BCUT2D eigenvalue weighted by molar-refractivity contribution is 5.98. The molecule has 0 saturated heterocycles. The molecule has 3 heterocycles. The van der Waals surface area contributed by atoms with Gasteiger partial charge >= 0.3 is 5.76 Å². The minimum Gasteiger partial charge on any atom is -0.408 e. The van der Waals surface area contributed by atoms with Crippen LogP contribution < -0.4 is 16.4 Å². The van der Waals surface area contributed by atoms with Crippen LogP contribution in [0.4, 0.5) is 4.39 Å². The summed E-state index contributed by atoms with van der Waals surface area (Å²) in [5.74, 6) is -1.73. The van der Waals surface area contributed by atoms with Crippen molar-refractivity contribution in [3.05, 3.63) is 99.2 Å². The summed E-state index contributed by atoms with van der Waals surface area (Å²) in [4.78, 5) is 41.8. The van der Waals surface area contributed by atoms with Crippen LogP contribution in [0.2, 0.25) is 0 Å². The first-order chi connectivity index (χ1) is 17.3. The van der Waals surface area contributed by atoms with Crippen molar-refractivity contribution in [1.82, 2.24) is 29.8 Å². The van der Waals surface area contributed by atoms with E-state index in [1.165, 1.54) is 27.4 Å². The molecule has 0 spiro atoms. The van der Waals surface area contributed by atoms with Gasteiger partial charge in [0.2, 0.25) is 0 Å².